The van der Waals surface area contributed by atoms with E-state index in [1.807, 2.05) is 6.07 Å². The molecule has 0 aliphatic heterocycles. The Balaban J connectivity index is 1.91. The molecule has 1 aromatic carbocycles. The van der Waals surface area contributed by atoms with Crippen LogP contribution in [0.15, 0.2) is 52.9 Å². The van der Waals surface area contributed by atoms with E-state index in [0.717, 1.165) is 29.8 Å². The lowest BCUT2D eigenvalue weighted by molar-refractivity contribution is 0.631. The molecule has 1 aliphatic carbocycles. The van der Waals surface area contributed by atoms with Crippen LogP contribution in [0.4, 0.5) is 15.8 Å². The smallest absolute Gasteiger partial charge is 0.256 e. The normalized spacial score (nSPS) is 14.6. The van der Waals surface area contributed by atoms with Gasteiger partial charge in [-0.1, -0.05) is 25.1 Å². The molecule has 0 amide bonds. The van der Waals surface area contributed by atoms with Crippen molar-refractivity contribution in [1.82, 2.24) is 9.97 Å². The largest absolute Gasteiger partial charge is 0.353 e. The first kappa shape index (κ1) is 21.0. The number of aromatic amines is 1. The van der Waals surface area contributed by atoms with Crippen LogP contribution in [-0.2, 0) is 5.41 Å². The van der Waals surface area contributed by atoms with Crippen LogP contribution in [0.2, 0.25) is 5.02 Å². The molecule has 7 heteroatoms. The van der Waals surface area contributed by atoms with Crippen LogP contribution in [-0.4, -0.2) is 23.2 Å². The van der Waals surface area contributed by atoms with Gasteiger partial charge in [0.1, 0.15) is 5.82 Å². The zero-order chi connectivity index (χ0) is 22.2. The van der Waals surface area contributed by atoms with E-state index in [1.165, 1.54) is 18.2 Å². The van der Waals surface area contributed by atoms with Crippen LogP contribution in [0.1, 0.15) is 36.7 Å². The predicted octanol–water partition coefficient (Wildman–Crippen LogP) is 5.72. The molecule has 0 bridgehead atoms. The Morgan fingerprint density at radius 1 is 1.26 bits per heavy atom. The molecule has 1 saturated carbocycles. The molecule has 158 valence electrons. The van der Waals surface area contributed by atoms with Gasteiger partial charge in [0.05, 0.1) is 22.6 Å². The highest BCUT2D eigenvalue weighted by Gasteiger charge is 2.42. The van der Waals surface area contributed by atoms with E-state index in [9.17, 15) is 9.18 Å². The van der Waals surface area contributed by atoms with E-state index in [1.54, 1.807) is 31.6 Å². The van der Waals surface area contributed by atoms with Crippen molar-refractivity contribution in [3.63, 3.8) is 0 Å². The summed E-state index contributed by atoms with van der Waals surface area (Å²) in [6.07, 6.45) is 6.95. The number of nitrogens with one attached hydrogen (secondary N) is 2. The molecule has 1 aliphatic rings. The van der Waals surface area contributed by atoms with Crippen molar-refractivity contribution in [3.05, 3.63) is 81.3 Å². The molecule has 0 spiro atoms. The van der Waals surface area contributed by atoms with Crippen molar-refractivity contribution in [1.29, 1.82) is 0 Å². The van der Waals surface area contributed by atoms with Crippen LogP contribution < -0.4 is 10.9 Å². The highest BCUT2D eigenvalue weighted by atomic mass is 35.5. The first-order chi connectivity index (χ1) is 14.9. The van der Waals surface area contributed by atoms with Gasteiger partial charge in [0.2, 0.25) is 0 Å². The highest BCUT2D eigenvalue weighted by Crippen LogP contribution is 2.49. The Kier molecular flexibility index (Phi) is 5.50. The SMILES string of the molecule is C=Cc1nccc(Nc2cc(-c3cc(Cl)ccc3F)c(=O)[nH]c2C2(C)CC2)c1/C=N\C. The highest BCUT2D eigenvalue weighted by molar-refractivity contribution is 6.30. The number of rotatable bonds is 6. The quantitative estimate of drug-likeness (QED) is 0.486. The lowest BCUT2D eigenvalue weighted by atomic mass is 9.98. The number of benzene rings is 1. The molecule has 1 fully saturated rings. The standard InChI is InChI=1S/C24H22ClFN4O/c1-4-19-17(13-27-3)20(7-10-28-19)29-21-12-16(15-11-14(25)5-6-18(15)26)23(31)30-22(21)24(2)8-9-24/h4-7,10-13H,1,8-9H2,2-3H3,(H,28,29)(H,30,31)/b27-13-. The summed E-state index contributed by atoms with van der Waals surface area (Å²) in [5, 5.41) is 3.77. The molecule has 3 aromatic rings. The third-order valence-electron chi connectivity index (χ3n) is 5.61. The van der Waals surface area contributed by atoms with E-state index >= 15 is 0 Å². The van der Waals surface area contributed by atoms with Gasteiger partial charge in [-0.2, -0.15) is 0 Å². The summed E-state index contributed by atoms with van der Waals surface area (Å²) in [6, 6.07) is 7.69. The van der Waals surface area contributed by atoms with Gasteiger partial charge in [-0.3, -0.25) is 14.8 Å². The fourth-order valence-electron chi connectivity index (χ4n) is 3.62. The molecule has 2 N–H and O–H groups in total. The lowest BCUT2D eigenvalue weighted by Crippen LogP contribution is -2.19. The van der Waals surface area contributed by atoms with Gasteiger partial charge in [0.15, 0.2) is 0 Å². The van der Waals surface area contributed by atoms with Gasteiger partial charge in [-0.15, -0.1) is 0 Å². The van der Waals surface area contributed by atoms with Crippen LogP contribution in [0.3, 0.4) is 0 Å². The van der Waals surface area contributed by atoms with Gasteiger partial charge in [0, 0.05) is 46.7 Å². The fourth-order valence-corrected chi connectivity index (χ4v) is 3.79. The van der Waals surface area contributed by atoms with E-state index in [2.05, 4.69) is 33.8 Å². The molecular weight excluding hydrogens is 415 g/mol. The second-order valence-corrected chi connectivity index (χ2v) is 8.30. The van der Waals surface area contributed by atoms with Gasteiger partial charge in [-0.25, -0.2) is 4.39 Å². The Labute approximate surface area is 184 Å². The summed E-state index contributed by atoms with van der Waals surface area (Å²) in [5.41, 5.74) is 3.56. The van der Waals surface area contributed by atoms with Crippen LogP contribution in [0.5, 0.6) is 0 Å². The molecule has 4 rings (SSSR count). The van der Waals surface area contributed by atoms with Gasteiger partial charge in [-0.05, 0) is 49.2 Å². The maximum Gasteiger partial charge on any atom is 0.256 e. The van der Waals surface area contributed by atoms with Crippen LogP contribution in [0, 0.1) is 5.82 Å². The number of aliphatic imine (C=N–C) groups is 1. The summed E-state index contributed by atoms with van der Waals surface area (Å²) < 4.78 is 14.5. The first-order valence-corrected chi connectivity index (χ1v) is 10.3. The van der Waals surface area contributed by atoms with Crippen molar-refractivity contribution in [2.75, 3.05) is 12.4 Å². The zero-order valence-corrected chi connectivity index (χ0v) is 18.1. The maximum atomic E-state index is 14.5. The second-order valence-electron chi connectivity index (χ2n) is 7.86. The molecule has 0 atom stereocenters. The number of aromatic nitrogens is 2. The van der Waals surface area contributed by atoms with Crippen molar-refractivity contribution in [3.8, 4) is 11.1 Å². The molecule has 2 heterocycles. The van der Waals surface area contributed by atoms with E-state index in [0.29, 0.717) is 16.4 Å². The Hall–Kier alpha value is -3.25. The number of pyridine rings is 2. The van der Waals surface area contributed by atoms with Crippen LogP contribution in [0.25, 0.3) is 17.2 Å². The Bertz CT molecular complexity index is 1260. The molecule has 0 saturated heterocycles. The van der Waals surface area contributed by atoms with Crippen molar-refractivity contribution in [2.45, 2.75) is 25.2 Å². The molecule has 5 nitrogen and oxygen atoms in total. The van der Waals surface area contributed by atoms with E-state index in [-0.39, 0.29) is 22.1 Å². The van der Waals surface area contributed by atoms with E-state index in [4.69, 9.17) is 11.6 Å². The summed E-state index contributed by atoms with van der Waals surface area (Å²) in [6.45, 7) is 5.91. The van der Waals surface area contributed by atoms with Crippen molar-refractivity contribution < 1.29 is 4.39 Å². The van der Waals surface area contributed by atoms with Gasteiger partial charge >= 0.3 is 0 Å². The minimum Gasteiger partial charge on any atom is -0.353 e. The molecule has 2 aromatic heterocycles. The monoisotopic (exact) mass is 436 g/mol. The summed E-state index contributed by atoms with van der Waals surface area (Å²) in [7, 11) is 1.68. The van der Waals surface area contributed by atoms with Crippen molar-refractivity contribution in [2.24, 2.45) is 4.99 Å². The Morgan fingerprint density at radius 3 is 2.71 bits per heavy atom. The number of hydrogen-bond donors (Lipinski definition) is 2. The lowest BCUT2D eigenvalue weighted by Gasteiger charge is -2.19. The maximum absolute atomic E-state index is 14.5. The number of nitrogens with zero attached hydrogens (tertiary/aromatic N) is 2. The average Bonchev–Trinajstić information content (AvgIpc) is 3.50. The third-order valence-corrected chi connectivity index (χ3v) is 5.84. The zero-order valence-electron chi connectivity index (χ0n) is 17.3. The van der Waals surface area contributed by atoms with Crippen molar-refractivity contribution >= 4 is 35.3 Å². The minimum atomic E-state index is -0.511. The predicted molar refractivity (Wildman–Crippen MR) is 125 cm³/mol. The summed E-state index contributed by atoms with van der Waals surface area (Å²) in [5.74, 6) is -0.511. The van der Waals surface area contributed by atoms with Crippen LogP contribution >= 0.6 is 11.6 Å². The minimum absolute atomic E-state index is 0.139. The van der Waals surface area contributed by atoms with E-state index < -0.39 is 5.82 Å². The molecule has 0 radical (unpaired) electrons. The second kappa shape index (κ2) is 8.12. The number of anilines is 2. The summed E-state index contributed by atoms with van der Waals surface area (Å²) >= 11 is 6.07. The first-order valence-electron chi connectivity index (χ1n) is 9.90. The molecule has 0 unspecified atom stereocenters. The fraction of sp³-hybridized carbons (Fsp3) is 0.208. The number of H-pyrrole nitrogens is 1. The number of halogens is 2. The number of hydrogen-bond acceptors (Lipinski definition) is 4. The van der Waals surface area contributed by atoms with Gasteiger partial charge < -0.3 is 10.3 Å². The summed E-state index contributed by atoms with van der Waals surface area (Å²) in [4.78, 5) is 24.4. The molecule has 31 heavy (non-hydrogen) atoms. The Morgan fingerprint density at radius 2 is 2.03 bits per heavy atom. The molecular formula is C24H22ClFN4O. The average molecular weight is 437 g/mol. The third kappa shape index (κ3) is 4.03. The topological polar surface area (TPSA) is 70.1 Å². The van der Waals surface area contributed by atoms with Gasteiger partial charge in [0.25, 0.3) is 5.56 Å².